The molecule has 0 radical (unpaired) electrons. The minimum atomic E-state index is 0.0000548. The van der Waals surface area contributed by atoms with Gasteiger partial charge in [-0.3, -0.25) is 14.5 Å². The molecule has 1 aliphatic heterocycles. The van der Waals surface area contributed by atoms with E-state index in [0.717, 1.165) is 14.7 Å². The number of nitrogens with one attached hydrogen (secondary N) is 1. The molecular formula is C17H24IN3O3. The Labute approximate surface area is 156 Å². The Morgan fingerprint density at radius 2 is 1.96 bits per heavy atom. The maximum Gasteiger partial charge on any atom is 0.255 e. The highest BCUT2D eigenvalue weighted by Gasteiger charge is 2.24. The molecule has 24 heavy (non-hydrogen) atoms. The van der Waals surface area contributed by atoms with Crippen LogP contribution in [0.5, 0.6) is 0 Å². The summed E-state index contributed by atoms with van der Waals surface area (Å²) >= 11 is 2.23. The highest BCUT2D eigenvalue weighted by molar-refractivity contribution is 14.1. The summed E-state index contributed by atoms with van der Waals surface area (Å²) in [6.45, 7) is 6.15. The molecule has 132 valence electrons. The lowest BCUT2D eigenvalue weighted by Crippen LogP contribution is -2.51. The number of amides is 2. The Hall–Kier alpha value is -1.19. The van der Waals surface area contributed by atoms with Gasteiger partial charge in [-0.1, -0.05) is 12.1 Å². The number of carbonyl (C=O) groups is 2. The van der Waals surface area contributed by atoms with Gasteiger partial charge in [-0.2, -0.15) is 0 Å². The zero-order valence-electron chi connectivity index (χ0n) is 14.2. The van der Waals surface area contributed by atoms with Crippen molar-refractivity contribution in [3.05, 3.63) is 32.9 Å². The minimum Gasteiger partial charge on any atom is -0.383 e. The van der Waals surface area contributed by atoms with Gasteiger partial charge in [-0.05, 0) is 41.1 Å². The number of methoxy groups -OCH3 is 1. The predicted octanol–water partition coefficient (Wildman–Crippen LogP) is 1.12. The van der Waals surface area contributed by atoms with E-state index in [2.05, 4.69) is 32.8 Å². The number of piperazine rings is 1. The molecule has 6 nitrogen and oxygen atoms in total. The van der Waals surface area contributed by atoms with Crippen LogP contribution in [-0.4, -0.2) is 74.6 Å². The fourth-order valence-corrected chi connectivity index (χ4v) is 3.23. The van der Waals surface area contributed by atoms with Crippen LogP contribution in [0.4, 0.5) is 0 Å². The minimum absolute atomic E-state index is 0.0000548. The summed E-state index contributed by atoms with van der Waals surface area (Å²) in [6, 6.07) is 5.82. The van der Waals surface area contributed by atoms with Crippen molar-refractivity contribution in [2.24, 2.45) is 0 Å². The molecular weight excluding hydrogens is 421 g/mol. The van der Waals surface area contributed by atoms with E-state index in [1.807, 2.05) is 30.0 Å². The molecule has 1 saturated heterocycles. The number of hydrogen-bond acceptors (Lipinski definition) is 4. The van der Waals surface area contributed by atoms with Crippen molar-refractivity contribution in [2.75, 3.05) is 53.0 Å². The van der Waals surface area contributed by atoms with Crippen molar-refractivity contribution in [1.29, 1.82) is 0 Å². The molecule has 1 aliphatic rings. The van der Waals surface area contributed by atoms with Crippen LogP contribution in [0.3, 0.4) is 0 Å². The Morgan fingerprint density at radius 1 is 1.25 bits per heavy atom. The largest absolute Gasteiger partial charge is 0.383 e. The molecule has 0 spiro atoms. The topological polar surface area (TPSA) is 61.9 Å². The number of hydrogen-bond donors (Lipinski definition) is 1. The van der Waals surface area contributed by atoms with Gasteiger partial charge in [-0.25, -0.2) is 0 Å². The van der Waals surface area contributed by atoms with Gasteiger partial charge in [0.2, 0.25) is 5.91 Å². The van der Waals surface area contributed by atoms with Crippen LogP contribution >= 0.6 is 22.6 Å². The molecule has 2 amide bonds. The lowest BCUT2D eigenvalue weighted by Gasteiger charge is -2.34. The van der Waals surface area contributed by atoms with Crippen LogP contribution in [0, 0.1) is 10.5 Å². The van der Waals surface area contributed by atoms with Gasteiger partial charge < -0.3 is 15.0 Å². The fourth-order valence-electron chi connectivity index (χ4n) is 2.64. The van der Waals surface area contributed by atoms with E-state index in [0.29, 0.717) is 45.9 Å². The second kappa shape index (κ2) is 9.33. The van der Waals surface area contributed by atoms with Crippen molar-refractivity contribution in [1.82, 2.24) is 15.1 Å². The maximum absolute atomic E-state index is 12.7. The summed E-state index contributed by atoms with van der Waals surface area (Å²) in [6.07, 6.45) is 0. The standard InChI is InChI=1S/C17H24IN3O3/c1-13-4-3-5-14(16(13)18)17(23)21-9-7-20(8-10-21)12-15(22)19-6-11-24-2/h3-5H,6-12H2,1-2H3,(H,19,22). The first-order valence-electron chi connectivity index (χ1n) is 8.05. The molecule has 0 bridgehead atoms. The molecule has 0 unspecified atom stereocenters. The van der Waals surface area contributed by atoms with Crippen molar-refractivity contribution in [3.8, 4) is 0 Å². The Morgan fingerprint density at radius 3 is 2.62 bits per heavy atom. The van der Waals surface area contributed by atoms with Crippen LogP contribution in [0.15, 0.2) is 18.2 Å². The van der Waals surface area contributed by atoms with Crippen molar-refractivity contribution >= 4 is 34.4 Å². The van der Waals surface area contributed by atoms with E-state index in [9.17, 15) is 9.59 Å². The number of nitrogens with zero attached hydrogens (tertiary/aromatic N) is 2. The molecule has 0 atom stereocenters. The van der Waals surface area contributed by atoms with E-state index >= 15 is 0 Å². The first-order valence-corrected chi connectivity index (χ1v) is 9.13. The molecule has 1 fully saturated rings. The molecule has 0 aromatic heterocycles. The molecule has 1 aromatic rings. The van der Waals surface area contributed by atoms with Crippen LogP contribution in [0.25, 0.3) is 0 Å². The van der Waals surface area contributed by atoms with Crippen molar-refractivity contribution in [3.63, 3.8) is 0 Å². The van der Waals surface area contributed by atoms with E-state index < -0.39 is 0 Å². The monoisotopic (exact) mass is 445 g/mol. The summed E-state index contributed by atoms with van der Waals surface area (Å²) in [5.74, 6) is 0.0763. The first kappa shape index (κ1) is 19.1. The summed E-state index contributed by atoms with van der Waals surface area (Å²) in [5.41, 5.74) is 1.88. The third-order valence-electron chi connectivity index (χ3n) is 4.08. The zero-order chi connectivity index (χ0) is 17.5. The van der Waals surface area contributed by atoms with Crippen molar-refractivity contribution < 1.29 is 14.3 Å². The van der Waals surface area contributed by atoms with Gasteiger partial charge in [0.15, 0.2) is 0 Å². The average Bonchev–Trinajstić information content (AvgIpc) is 2.58. The number of ether oxygens (including phenoxy) is 1. The second-order valence-electron chi connectivity index (χ2n) is 5.85. The van der Waals surface area contributed by atoms with Gasteiger partial charge in [0, 0.05) is 43.4 Å². The number of rotatable bonds is 6. The molecule has 7 heteroatoms. The van der Waals surface area contributed by atoms with Gasteiger partial charge in [0.25, 0.3) is 5.91 Å². The summed E-state index contributed by atoms with van der Waals surface area (Å²) in [4.78, 5) is 28.4. The van der Waals surface area contributed by atoms with Crippen LogP contribution in [0.1, 0.15) is 15.9 Å². The van der Waals surface area contributed by atoms with E-state index in [1.165, 1.54) is 0 Å². The summed E-state index contributed by atoms with van der Waals surface area (Å²) in [7, 11) is 1.61. The second-order valence-corrected chi connectivity index (χ2v) is 6.93. The molecule has 1 N–H and O–H groups in total. The number of carbonyl (C=O) groups excluding carboxylic acids is 2. The van der Waals surface area contributed by atoms with Crippen LogP contribution < -0.4 is 5.32 Å². The normalized spacial score (nSPS) is 15.4. The van der Waals surface area contributed by atoms with Gasteiger partial charge in [-0.15, -0.1) is 0 Å². The molecule has 1 aromatic carbocycles. The van der Waals surface area contributed by atoms with Gasteiger partial charge in [0.1, 0.15) is 0 Å². The Balaban J connectivity index is 1.83. The average molecular weight is 445 g/mol. The van der Waals surface area contributed by atoms with E-state index in [4.69, 9.17) is 4.74 Å². The van der Waals surface area contributed by atoms with Crippen LogP contribution in [-0.2, 0) is 9.53 Å². The number of aryl methyl sites for hydroxylation is 1. The quantitative estimate of drug-likeness (QED) is 0.527. The molecule has 0 saturated carbocycles. The molecule has 1 heterocycles. The van der Waals surface area contributed by atoms with Gasteiger partial charge >= 0.3 is 0 Å². The molecule has 0 aliphatic carbocycles. The van der Waals surface area contributed by atoms with Crippen LogP contribution in [0.2, 0.25) is 0 Å². The predicted molar refractivity (Wildman–Crippen MR) is 101 cm³/mol. The number of benzene rings is 1. The third kappa shape index (κ3) is 5.15. The zero-order valence-corrected chi connectivity index (χ0v) is 16.3. The summed E-state index contributed by atoms with van der Waals surface area (Å²) in [5, 5.41) is 2.82. The molecule has 2 rings (SSSR count). The summed E-state index contributed by atoms with van der Waals surface area (Å²) < 4.78 is 5.92. The lowest BCUT2D eigenvalue weighted by atomic mass is 10.1. The third-order valence-corrected chi connectivity index (χ3v) is 5.51. The smallest absolute Gasteiger partial charge is 0.255 e. The van der Waals surface area contributed by atoms with E-state index in [1.54, 1.807) is 7.11 Å². The lowest BCUT2D eigenvalue weighted by molar-refractivity contribution is -0.122. The highest BCUT2D eigenvalue weighted by Crippen LogP contribution is 2.19. The van der Waals surface area contributed by atoms with Gasteiger partial charge in [0.05, 0.1) is 18.7 Å². The number of halogens is 1. The Bertz CT molecular complexity index is 586. The van der Waals surface area contributed by atoms with Crippen molar-refractivity contribution in [2.45, 2.75) is 6.92 Å². The highest BCUT2D eigenvalue weighted by atomic mass is 127. The Kier molecular flexibility index (Phi) is 7.44. The van der Waals surface area contributed by atoms with E-state index in [-0.39, 0.29) is 11.8 Å². The maximum atomic E-state index is 12.7. The SMILES string of the molecule is COCCNC(=O)CN1CCN(C(=O)c2cccc(C)c2I)CC1. The fraction of sp³-hybridized carbons (Fsp3) is 0.529. The first-order chi connectivity index (χ1) is 11.5.